The van der Waals surface area contributed by atoms with Crippen LogP contribution in [0, 0.1) is 6.92 Å². The molecule has 1 amide bonds. The van der Waals surface area contributed by atoms with Gasteiger partial charge in [0.25, 0.3) is 0 Å². The number of fused-ring (bicyclic) bond motifs is 1. The molecule has 3 heterocycles. The highest BCUT2D eigenvalue weighted by Gasteiger charge is 2.29. The van der Waals surface area contributed by atoms with Gasteiger partial charge < -0.3 is 5.32 Å². The Morgan fingerprint density at radius 2 is 2.08 bits per heavy atom. The third kappa shape index (κ3) is 2.67. The van der Waals surface area contributed by atoms with Gasteiger partial charge in [-0.05, 0) is 30.7 Å². The predicted octanol–water partition coefficient (Wildman–Crippen LogP) is 2.80. The highest BCUT2D eigenvalue weighted by molar-refractivity contribution is 7.99. The number of aromatic nitrogens is 4. The van der Waals surface area contributed by atoms with Crippen molar-refractivity contribution in [2.75, 3.05) is 11.1 Å². The lowest BCUT2D eigenvalue weighted by molar-refractivity contribution is -0.117. The summed E-state index contributed by atoms with van der Waals surface area (Å²) in [6, 6.07) is 13.5. The first kappa shape index (κ1) is 14.9. The average Bonchev–Trinajstić information content (AvgIpc) is 3.22. The molecule has 1 unspecified atom stereocenters. The summed E-state index contributed by atoms with van der Waals surface area (Å²) < 4.78 is 1.58. The van der Waals surface area contributed by atoms with Crippen molar-refractivity contribution in [1.29, 1.82) is 0 Å². The second-order valence-electron chi connectivity index (χ2n) is 5.55. The number of amides is 1. The van der Waals surface area contributed by atoms with Crippen molar-refractivity contribution in [3.8, 4) is 5.82 Å². The minimum absolute atomic E-state index is 0.0331. The van der Waals surface area contributed by atoms with Crippen LogP contribution in [-0.4, -0.2) is 31.6 Å². The molecule has 24 heavy (non-hydrogen) atoms. The summed E-state index contributed by atoms with van der Waals surface area (Å²) in [6.07, 6.45) is 1.63. The van der Waals surface area contributed by atoms with Crippen LogP contribution in [0.4, 0.5) is 5.82 Å². The van der Waals surface area contributed by atoms with Crippen molar-refractivity contribution >= 4 is 23.5 Å². The summed E-state index contributed by atoms with van der Waals surface area (Å²) in [7, 11) is 0. The fourth-order valence-electron chi connectivity index (χ4n) is 2.68. The van der Waals surface area contributed by atoms with E-state index < -0.39 is 0 Å². The van der Waals surface area contributed by atoms with Gasteiger partial charge in [-0.15, -0.1) is 16.9 Å². The molecule has 3 aromatic rings. The predicted molar refractivity (Wildman–Crippen MR) is 92.4 cm³/mol. The number of aryl methyl sites for hydroxylation is 1. The van der Waals surface area contributed by atoms with Crippen molar-refractivity contribution in [2.45, 2.75) is 17.7 Å². The van der Waals surface area contributed by atoms with Crippen LogP contribution in [0.1, 0.15) is 17.2 Å². The van der Waals surface area contributed by atoms with E-state index in [-0.39, 0.29) is 11.8 Å². The van der Waals surface area contributed by atoms with Gasteiger partial charge in [-0.1, -0.05) is 18.2 Å². The fourth-order valence-corrected chi connectivity index (χ4v) is 3.91. The minimum Gasteiger partial charge on any atom is -0.310 e. The Morgan fingerprint density at radius 3 is 2.92 bits per heavy atom. The molecule has 7 heteroatoms. The molecule has 2 aromatic heterocycles. The summed E-state index contributed by atoms with van der Waals surface area (Å²) in [5.41, 5.74) is 1.91. The number of thioether (sulfide) groups is 1. The van der Waals surface area contributed by atoms with E-state index in [4.69, 9.17) is 0 Å². The standard InChI is InChI=1S/C17H15N5OS/c1-11-6-7-16(21-20-11)22-15(8-9-18-22)19-17(23)13-10-24-14-5-3-2-4-12(13)14/h2-9,13H,10H2,1H3,(H,19,23). The molecule has 0 saturated heterocycles. The van der Waals surface area contributed by atoms with E-state index in [1.54, 1.807) is 28.7 Å². The Kier molecular flexibility index (Phi) is 3.78. The molecular weight excluding hydrogens is 322 g/mol. The number of anilines is 1. The van der Waals surface area contributed by atoms with Crippen molar-refractivity contribution in [3.05, 3.63) is 59.9 Å². The summed E-state index contributed by atoms with van der Waals surface area (Å²) in [6.45, 7) is 1.87. The number of nitrogens with zero attached hydrogens (tertiary/aromatic N) is 4. The highest BCUT2D eigenvalue weighted by atomic mass is 32.2. The number of hydrogen-bond acceptors (Lipinski definition) is 5. The Labute approximate surface area is 143 Å². The Balaban J connectivity index is 1.58. The summed E-state index contributed by atoms with van der Waals surface area (Å²) >= 11 is 1.71. The molecule has 0 spiro atoms. The molecule has 1 N–H and O–H groups in total. The average molecular weight is 337 g/mol. The van der Waals surface area contributed by atoms with Crippen LogP contribution < -0.4 is 5.32 Å². The van der Waals surface area contributed by atoms with Crippen molar-refractivity contribution in [2.24, 2.45) is 0 Å². The van der Waals surface area contributed by atoms with Gasteiger partial charge >= 0.3 is 0 Å². The van der Waals surface area contributed by atoms with Crippen molar-refractivity contribution in [3.63, 3.8) is 0 Å². The molecular formula is C17H15N5OS. The zero-order valence-electron chi connectivity index (χ0n) is 13.0. The Bertz CT molecular complexity index is 890. The molecule has 1 atom stereocenters. The first-order valence-corrected chi connectivity index (χ1v) is 8.58. The van der Waals surface area contributed by atoms with E-state index in [1.807, 2.05) is 37.3 Å². The van der Waals surface area contributed by atoms with Gasteiger partial charge in [0.2, 0.25) is 5.91 Å². The van der Waals surface area contributed by atoms with Crippen LogP contribution in [0.3, 0.4) is 0 Å². The van der Waals surface area contributed by atoms with E-state index in [9.17, 15) is 4.79 Å². The second-order valence-corrected chi connectivity index (χ2v) is 6.61. The van der Waals surface area contributed by atoms with Gasteiger partial charge in [0.05, 0.1) is 17.8 Å². The normalized spacial score (nSPS) is 16.0. The lowest BCUT2D eigenvalue weighted by atomic mass is 10.0. The van der Waals surface area contributed by atoms with E-state index >= 15 is 0 Å². The summed E-state index contributed by atoms with van der Waals surface area (Å²) in [4.78, 5) is 13.9. The number of carbonyl (C=O) groups is 1. The first-order chi connectivity index (χ1) is 11.7. The zero-order chi connectivity index (χ0) is 16.5. The van der Waals surface area contributed by atoms with E-state index in [0.29, 0.717) is 11.6 Å². The van der Waals surface area contributed by atoms with Crippen LogP contribution in [0.15, 0.2) is 53.6 Å². The first-order valence-electron chi connectivity index (χ1n) is 7.60. The molecule has 1 aromatic carbocycles. The molecule has 120 valence electrons. The molecule has 0 radical (unpaired) electrons. The maximum absolute atomic E-state index is 12.7. The lowest BCUT2D eigenvalue weighted by Gasteiger charge is -2.12. The third-order valence-electron chi connectivity index (χ3n) is 3.91. The summed E-state index contributed by atoms with van der Waals surface area (Å²) in [5, 5.41) is 15.4. The van der Waals surface area contributed by atoms with Gasteiger partial charge in [0.15, 0.2) is 5.82 Å². The fraction of sp³-hybridized carbons (Fsp3) is 0.176. The van der Waals surface area contributed by atoms with Gasteiger partial charge in [-0.3, -0.25) is 4.79 Å². The second kappa shape index (κ2) is 6.09. The Hall–Kier alpha value is -2.67. The quantitative estimate of drug-likeness (QED) is 0.795. The van der Waals surface area contributed by atoms with Crippen LogP contribution in [0.2, 0.25) is 0 Å². The van der Waals surface area contributed by atoms with E-state index in [0.717, 1.165) is 17.0 Å². The number of hydrogen-bond donors (Lipinski definition) is 1. The van der Waals surface area contributed by atoms with Gasteiger partial charge in [-0.25, -0.2) is 0 Å². The molecule has 4 rings (SSSR count). The van der Waals surface area contributed by atoms with Gasteiger partial charge in [0.1, 0.15) is 5.82 Å². The van der Waals surface area contributed by atoms with E-state index in [1.165, 1.54) is 4.90 Å². The van der Waals surface area contributed by atoms with Gasteiger partial charge in [-0.2, -0.15) is 14.9 Å². The largest absolute Gasteiger partial charge is 0.310 e. The maximum Gasteiger partial charge on any atom is 0.233 e. The van der Waals surface area contributed by atoms with Crippen LogP contribution >= 0.6 is 11.8 Å². The van der Waals surface area contributed by atoms with Crippen LogP contribution in [0.5, 0.6) is 0 Å². The number of benzene rings is 1. The molecule has 0 bridgehead atoms. The maximum atomic E-state index is 12.7. The topological polar surface area (TPSA) is 72.7 Å². The third-order valence-corrected chi connectivity index (χ3v) is 5.09. The van der Waals surface area contributed by atoms with Crippen molar-refractivity contribution < 1.29 is 4.79 Å². The van der Waals surface area contributed by atoms with E-state index in [2.05, 4.69) is 26.7 Å². The van der Waals surface area contributed by atoms with Gasteiger partial charge in [0, 0.05) is 16.7 Å². The van der Waals surface area contributed by atoms with Crippen LogP contribution in [0.25, 0.3) is 5.82 Å². The number of carbonyl (C=O) groups excluding carboxylic acids is 1. The summed E-state index contributed by atoms with van der Waals surface area (Å²) in [5.74, 6) is 1.73. The SMILES string of the molecule is Cc1ccc(-n2nccc2NC(=O)C2CSc3ccccc32)nn1. The number of nitrogens with one attached hydrogen (secondary N) is 1. The number of rotatable bonds is 3. The van der Waals surface area contributed by atoms with Crippen LogP contribution in [-0.2, 0) is 4.79 Å². The Morgan fingerprint density at radius 1 is 1.21 bits per heavy atom. The van der Waals surface area contributed by atoms with Crippen molar-refractivity contribution in [1.82, 2.24) is 20.0 Å². The molecule has 0 saturated carbocycles. The lowest BCUT2D eigenvalue weighted by Crippen LogP contribution is -2.22. The minimum atomic E-state index is -0.154. The molecule has 0 aliphatic carbocycles. The zero-order valence-corrected chi connectivity index (χ0v) is 13.8. The highest BCUT2D eigenvalue weighted by Crippen LogP contribution is 2.39. The smallest absolute Gasteiger partial charge is 0.233 e. The molecule has 1 aliphatic heterocycles. The molecule has 6 nitrogen and oxygen atoms in total. The molecule has 0 fully saturated rings. The monoisotopic (exact) mass is 337 g/mol. The molecule has 1 aliphatic rings.